The van der Waals surface area contributed by atoms with Crippen molar-refractivity contribution in [3.63, 3.8) is 0 Å². The van der Waals surface area contributed by atoms with Gasteiger partial charge >= 0.3 is 11.9 Å². The molecule has 0 spiro atoms. The van der Waals surface area contributed by atoms with E-state index in [9.17, 15) is 14.7 Å². The minimum atomic E-state index is -0.927. The van der Waals surface area contributed by atoms with E-state index in [-0.39, 0.29) is 11.9 Å². The van der Waals surface area contributed by atoms with Crippen LogP contribution >= 0.6 is 0 Å². The van der Waals surface area contributed by atoms with Crippen molar-refractivity contribution in [2.24, 2.45) is 5.92 Å². The predicted molar refractivity (Wildman–Crippen MR) is 114 cm³/mol. The Morgan fingerprint density at radius 3 is 2.50 bits per heavy atom. The molecule has 1 aromatic heterocycles. The number of aromatic nitrogens is 2. The number of nitrogens with one attached hydrogen (secondary N) is 1. The molecule has 156 valence electrons. The summed E-state index contributed by atoms with van der Waals surface area (Å²) < 4.78 is 4.75. The molecular weight excluding hydrogens is 380 g/mol. The lowest BCUT2D eigenvalue weighted by atomic mass is 9.98. The Balaban J connectivity index is 1.57. The van der Waals surface area contributed by atoms with Crippen LogP contribution in [0.5, 0.6) is 0 Å². The topological polar surface area (TPSA) is 92.3 Å². The fourth-order valence-electron chi connectivity index (χ4n) is 3.38. The lowest BCUT2D eigenvalue weighted by Gasteiger charge is -2.07. The molecular formula is C24H26N2O4. The van der Waals surface area contributed by atoms with Gasteiger partial charge in [0.25, 0.3) is 0 Å². The van der Waals surface area contributed by atoms with Gasteiger partial charge in [0, 0.05) is 12.6 Å². The van der Waals surface area contributed by atoms with Crippen LogP contribution in [0.3, 0.4) is 0 Å². The van der Waals surface area contributed by atoms with Gasteiger partial charge in [0.15, 0.2) is 0 Å². The van der Waals surface area contributed by atoms with Crippen LogP contribution in [-0.4, -0.2) is 34.1 Å². The Morgan fingerprint density at radius 1 is 1.07 bits per heavy atom. The molecule has 0 amide bonds. The van der Waals surface area contributed by atoms with Crippen molar-refractivity contribution in [1.29, 1.82) is 0 Å². The highest BCUT2D eigenvalue weighted by atomic mass is 16.5. The third-order valence-corrected chi connectivity index (χ3v) is 5.19. The van der Waals surface area contributed by atoms with Gasteiger partial charge in [-0.3, -0.25) is 4.79 Å². The fraction of sp³-hybridized carbons (Fsp3) is 0.292. The van der Waals surface area contributed by atoms with E-state index in [2.05, 4.69) is 9.97 Å². The summed E-state index contributed by atoms with van der Waals surface area (Å²) in [5.74, 6) is -0.347. The van der Waals surface area contributed by atoms with Crippen molar-refractivity contribution in [3.8, 4) is 11.1 Å². The number of imidazole rings is 1. The summed E-state index contributed by atoms with van der Waals surface area (Å²) in [6.45, 7) is 1.86. The highest BCUT2D eigenvalue weighted by Crippen LogP contribution is 2.24. The van der Waals surface area contributed by atoms with E-state index < -0.39 is 5.97 Å². The number of aromatic carboxylic acids is 1. The number of benzene rings is 2. The molecule has 0 aliphatic heterocycles. The van der Waals surface area contributed by atoms with E-state index in [0.29, 0.717) is 17.5 Å². The summed E-state index contributed by atoms with van der Waals surface area (Å²) in [4.78, 5) is 30.7. The number of esters is 1. The molecule has 0 aliphatic rings. The van der Waals surface area contributed by atoms with Crippen LogP contribution in [0.1, 0.15) is 40.8 Å². The summed E-state index contributed by atoms with van der Waals surface area (Å²) in [7, 11) is 1.41. The van der Waals surface area contributed by atoms with Crippen LogP contribution in [-0.2, 0) is 28.8 Å². The number of methoxy groups -OCH3 is 1. The van der Waals surface area contributed by atoms with Gasteiger partial charge in [0.2, 0.25) is 0 Å². The van der Waals surface area contributed by atoms with E-state index in [4.69, 9.17) is 4.74 Å². The van der Waals surface area contributed by atoms with Gasteiger partial charge in [-0.2, -0.15) is 0 Å². The number of aromatic amines is 1. The minimum Gasteiger partial charge on any atom is -0.478 e. The van der Waals surface area contributed by atoms with Crippen molar-refractivity contribution in [2.75, 3.05) is 7.11 Å². The molecule has 3 aromatic rings. The monoisotopic (exact) mass is 406 g/mol. The van der Waals surface area contributed by atoms with Gasteiger partial charge in [-0.15, -0.1) is 0 Å². The van der Waals surface area contributed by atoms with Crippen LogP contribution < -0.4 is 0 Å². The lowest BCUT2D eigenvalue weighted by Crippen LogP contribution is -2.13. The van der Waals surface area contributed by atoms with Gasteiger partial charge in [-0.05, 0) is 42.0 Å². The van der Waals surface area contributed by atoms with Crippen LogP contribution in [0.4, 0.5) is 0 Å². The second-order valence-electron chi connectivity index (χ2n) is 7.35. The number of H-pyrrole nitrogens is 1. The number of ether oxygens (including phenoxy) is 1. The minimum absolute atomic E-state index is 0.139. The van der Waals surface area contributed by atoms with Gasteiger partial charge in [0.1, 0.15) is 5.82 Å². The molecule has 30 heavy (non-hydrogen) atoms. The first-order valence-corrected chi connectivity index (χ1v) is 10.0. The Kier molecular flexibility index (Phi) is 7.01. The van der Waals surface area contributed by atoms with Crippen LogP contribution in [0.2, 0.25) is 0 Å². The Labute approximate surface area is 175 Å². The van der Waals surface area contributed by atoms with Crippen LogP contribution in [0.25, 0.3) is 11.1 Å². The van der Waals surface area contributed by atoms with Crippen molar-refractivity contribution in [3.05, 3.63) is 77.4 Å². The number of aryl methyl sites for hydroxylation is 3. The highest BCUT2D eigenvalue weighted by molar-refractivity contribution is 5.95. The van der Waals surface area contributed by atoms with E-state index in [1.165, 1.54) is 7.11 Å². The normalized spacial score (nSPS) is 11.8. The number of carboxylic acid groups (broad SMARTS) is 1. The third-order valence-electron chi connectivity index (χ3n) is 5.19. The number of carbonyl (C=O) groups excluding carboxylic acids is 1. The maximum Gasteiger partial charge on any atom is 0.336 e. The zero-order chi connectivity index (χ0) is 21.5. The molecule has 2 N–H and O–H groups in total. The quantitative estimate of drug-likeness (QED) is 0.517. The molecule has 0 aliphatic carbocycles. The average molecular weight is 406 g/mol. The van der Waals surface area contributed by atoms with Crippen LogP contribution in [0.15, 0.2) is 54.7 Å². The third kappa shape index (κ3) is 5.35. The Hall–Kier alpha value is -3.41. The first kappa shape index (κ1) is 21.3. The lowest BCUT2D eigenvalue weighted by molar-refractivity contribution is -0.145. The standard InChI is InChI=1S/C24H26N2O4/c1-16(24(29)30-2)7-13-19-15-25-22(26-19)14-10-17-8-11-18(12-9-17)20-5-3-4-6-21(20)23(27)28/h3-6,8-9,11-12,15-16H,7,10,13-14H2,1-2H3,(H,25,26)(H,27,28). The van der Waals surface area contributed by atoms with E-state index >= 15 is 0 Å². The molecule has 6 heteroatoms. The second kappa shape index (κ2) is 9.87. The number of carbonyl (C=O) groups is 2. The van der Waals surface area contributed by atoms with Gasteiger partial charge in [-0.25, -0.2) is 9.78 Å². The maximum absolute atomic E-state index is 11.5. The smallest absolute Gasteiger partial charge is 0.336 e. The number of hydrogen-bond donors (Lipinski definition) is 2. The molecule has 2 aromatic carbocycles. The zero-order valence-corrected chi connectivity index (χ0v) is 17.2. The summed E-state index contributed by atoms with van der Waals surface area (Å²) in [6.07, 6.45) is 4.93. The molecule has 3 rings (SSSR count). The van der Waals surface area contributed by atoms with Crippen molar-refractivity contribution < 1.29 is 19.4 Å². The molecule has 1 atom stereocenters. The summed E-state index contributed by atoms with van der Waals surface area (Å²) >= 11 is 0. The second-order valence-corrected chi connectivity index (χ2v) is 7.35. The molecule has 6 nitrogen and oxygen atoms in total. The molecule has 0 bridgehead atoms. The average Bonchev–Trinajstić information content (AvgIpc) is 3.23. The molecule has 0 radical (unpaired) electrons. The number of nitrogens with zero attached hydrogens (tertiary/aromatic N) is 1. The van der Waals surface area contributed by atoms with E-state index in [1.807, 2.05) is 49.5 Å². The summed E-state index contributed by atoms with van der Waals surface area (Å²) in [5, 5.41) is 9.37. The van der Waals surface area contributed by atoms with Gasteiger partial charge in [-0.1, -0.05) is 49.4 Å². The first-order chi connectivity index (χ1) is 14.5. The maximum atomic E-state index is 11.5. The summed E-state index contributed by atoms with van der Waals surface area (Å²) in [6, 6.07) is 15.0. The summed E-state index contributed by atoms with van der Waals surface area (Å²) in [5.41, 5.74) is 4.00. The molecule has 0 fully saturated rings. The fourth-order valence-corrected chi connectivity index (χ4v) is 3.38. The number of carboxylic acids is 1. The van der Waals surface area contributed by atoms with Crippen molar-refractivity contribution >= 4 is 11.9 Å². The largest absolute Gasteiger partial charge is 0.478 e. The molecule has 1 heterocycles. The molecule has 0 saturated carbocycles. The van der Waals surface area contributed by atoms with Gasteiger partial charge < -0.3 is 14.8 Å². The van der Waals surface area contributed by atoms with E-state index in [1.54, 1.807) is 12.1 Å². The number of rotatable bonds is 9. The van der Waals surface area contributed by atoms with E-state index in [0.717, 1.165) is 41.9 Å². The van der Waals surface area contributed by atoms with Gasteiger partial charge in [0.05, 0.1) is 24.3 Å². The van der Waals surface area contributed by atoms with Crippen molar-refractivity contribution in [2.45, 2.75) is 32.6 Å². The Morgan fingerprint density at radius 2 is 1.80 bits per heavy atom. The first-order valence-electron chi connectivity index (χ1n) is 10.0. The SMILES string of the molecule is COC(=O)C(C)CCc1c[nH]c(CCc2ccc(-c3ccccc3C(=O)O)cc2)n1. The predicted octanol–water partition coefficient (Wildman–Crippen LogP) is 4.30. The number of hydrogen-bond acceptors (Lipinski definition) is 4. The molecule has 0 saturated heterocycles. The highest BCUT2D eigenvalue weighted by Gasteiger charge is 2.14. The zero-order valence-electron chi connectivity index (χ0n) is 17.2. The molecule has 1 unspecified atom stereocenters. The van der Waals surface area contributed by atoms with Crippen LogP contribution in [0, 0.1) is 5.92 Å². The van der Waals surface area contributed by atoms with Crippen molar-refractivity contribution in [1.82, 2.24) is 9.97 Å². The Bertz CT molecular complexity index is 1010.